The summed E-state index contributed by atoms with van der Waals surface area (Å²) in [6, 6.07) is 43.0. The van der Waals surface area contributed by atoms with Gasteiger partial charge in [-0.2, -0.15) is 0 Å². The van der Waals surface area contributed by atoms with E-state index in [0.29, 0.717) is 0 Å². The number of hydrogen-bond acceptors (Lipinski definition) is 2. The van der Waals surface area contributed by atoms with Crippen LogP contribution in [0.1, 0.15) is 28.2 Å². The van der Waals surface area contributed by atoms with Crippen molar-refractivity contribution in [3.63, 3.8) is 0 Å². The Morgan fingerprint density at radius 1 is 0.639 bits per heavy atom. The average Bonchev–Trinajstić information content (AvgIpc) is 2.93. The molecule has 0 saturated heterocycles. The summed E-state index contributed by atoms with van der Waals surface area (Å²) in [5.74, 6) is -0.387. The number of nitrogens with one attached hydrogen (secondary N) is 2. The summed E-state index contributed by atoms with van der Waals surface area (Å²) < 4.78 is 0. The van der Waals surface area contributed by atoms with Gasteiger partial charge in [0.05, 0.1) is 5.92 Å². The topological polar surface area (TPSA) is 41.1 Å². The minimum Gasteiger partial charge on any atom is -0.325 e. The molecule has 3 heteroatoms. The summed E-state index contributed by atoms with van der Waals surface area (Å²) in [4.78, 5) is 13.3. The molecule has 5 aromatic carbocycles. The second-order valence-electron chi connectivity index (χ2n) is 9.01. The molecule has 3 nitrogen and oxygen atoms in total. The van der Waals surface area contributed by atoms with Gasteiger partial charge in [0.25, 0.3) is 0 Å². The van der Waals surface area contributed by atoms with Gasteiger partial charge in [0.15, 0.2) is 0 Å². The van der Waals surface area contributed by atoms with Gasteiger partial charge in [-0.3, -0.25) is 4.79 Å². The van der Waals surface area contributed by atoms with Crippen LogP contribution in [0.25, 0.3) is 10.8 Å². The molecule has 0 atom stereocenters. The third-order valence-corrected chi connectivity index (χ3v) is 6.54. The summed E-state index contributed by atoms with van der Waals surface area (Å²) in [5, 5.41) is 9.27. The van der Waals surface area contributed by atoms with E-state index in [2.05, 4.69) is 65.2 Å². The van der Waals surface area contributed by atoms with Crippen molar-refractivity contribution in [2.75, 3.05) is 11.9 Å². The zero-order chi connectivity index (χ0) is 24.6. The molecule has 0 aromatic heterocycles. The Bertz CT molecular complexity index is 1370. The predicted molar refractivity (Wildman–Crippen MR) is 149 cm³/mol. The van der Waals surface area contributed by atoms with Crippen LogP contribution in [0.2, 0.25) is 0 Å². The van der Waals surface area contributed by atoms with E-state index in [1.165, 1.54) is 21.9 Å². The van der Waals surface area contributed by atoms with Crippen LogP contribution in [0, 0.1) is 0 Å². The van der Waals surface area contributed by atoms with Crippen LogP contribution in [0.3, 0.4) is 0 Å². The van der Waals surface area contributed by atoms with Crippen LogP contribution in [0.4, 0.5) is 5.69 Å². The molecule has 0 aliphatic rings. The molecule has 0 aliphatic heterocycles. The lowest BCUT2D eigenvalue weighted by molar-refractivity contribution is -0.116. The maximum Gasteiger partial charge on any atom is 0.236 e. The van der Waals surface area contributed by atoms with Crippen molar-refractivity contribution in [3.05, 3.63) is 150 Å². The molecule has 0 radical (unpaired) electrons. The predicted octanol–water partition coefficient (Wildman–Crippen LogP) is 6.94. The number of rotatable bonds is 9. The molecule has 1 amide bonds. The first-order valence-electron chi connectivity index (χ1n) is 12.4. The first-order valence-corrected chi connectivity index (χ1v) is 12.4. The Balaban J connectivity index is 1.18. The number of anilines is 1. The van der Waals surface area contributed by atoms with Crippen LogP contribution < -0.4 is 10.6 Å². The standard InChI is InChI=1S/C33H30N2O/c36-33(32(27-11-3-1-4-12-27)28-13-5-2-6-14-28)35-30-20-18-25(19-21-30)22-23-34-24-29-16-9-15-26-10-7-8-17-31(26)29/h1-21,32,34H,22-24H2,(H,35,36). The van der Waals surface area contributed by atoms with Gasteiger partial charge < -0.3 is 10.6 Å². The largest absolute Gasteiger partial charge is 0.325 e. The SMILES string of the molecule is O=C(Nc1ccc(CCNCc2cccc3ccccc23)cc1)C(c1ccccc1)c1ccccc1. The van der Waals surface area contributed by atoms with Crippen LogP contribution in [-0.2, 0) is 17.8 Å². The van der Waals surface area contributed by atoms with Crippen LogP contribution in [0.5, 0.6) is 0 Å². The van der Waals surface area contributed by atoms with E-state index in [-0.39, 0.29) is 11.8 Å². The highest BCUT2D eigenvalue weighted by atomic mass is 16.1. The van der Waals surface area contributed by atoms with Crippen LogP contribution >= 0.6 is 0 Å². The Morgan fingerprint density at radius 2 is 1.25 bits per heavy atom. The van der Waals surface area contributed by atoms with Gasteiger partial charge in [-0.15, -0.1) is 0 Å². The van der Waals surface area contributed by atoms with Gasteiger partial charge in [-0.1, -0.05) is 115 Å². The molecule has 5 aromatic rings. The summed E-state index contributed by atoms with van der Waals surface area (Å²) in [7, 11) is 0. The normalized spacial score (nSPS) is 11.0. The minimum absolute atomic E-state index is 0.0306. The first-order chi connectivity index (χ1) is 17.8. The summed E-state index contributed by atoms with van der Waals surface area (Å²) in [6.07, 6.45) is 0.926. The number of benzene rings is 5. The quantitative estimate of drug-likeness (QED) is 0.229. The van der Waals surface area contributed by atoms with Crippen LogP contribution in [-0.4, -0.2) is 12.5 Å². The maximum absolute atomic E-state index is 13.3. The number of fused-ring (bicyclic) bond motifs is 1. The smallest absolute Gasteiger partial charge is 0.236 e. The van der Waals surface area contributed by atoms with E-state index in [1.54, 1.807) is 0 Å². The molecular formula is C33H30N2O. The van der Waals surface area contributed by atoms with Gasteiger partial charge in [0.2, 0.25) is 5.91 Å². The number of carbonyl (C=O) groups is 1. The highest BCUT2D eigenvalue weighted by Gasteiger charge is 2.22. The van der Waals surface area contributed by atoms with E-state index in [9.17, 15) is 4.79 Å². The zero-order valence-corrected chi connectivity index (χ0v) is 20.2. The number of carbonyl (C=O) groups excluding carboxylic acids is 1. The summed E-state index contributed by atoms with van der Waals surface area (Å²) in [5.41, 5.74) is 5.33. The molecule has 0 heterocycles. The number of amides is 1. The Kier molecular flexibility index (Phi) is 7.50. The van der Waals surface area contributed by atoms with Crippen molar-refractivity contribution in [1.29, 1.82) is 0 Å². The fourth-order valence-electron chi connectivity index (χ4n) is 4.66. The summed E-state index contributed by atoms with van der Waals surface area (Å²) >= 11 is 0. The second-order valence-corrected chi connectivity index (χ2v) is 9.01. The maximum atomic E-state index is 13.3. The van der Waals surface area contributed by atoms with E-state index < -0.39 is 0 Å². The monoisotopic (exact) mass is 470 g/mol. The van der Waals surface area contributed by atoms with E-state index >= 15 is 0 Å². The van der Waals surface area contributed by atoms with Crippen molar-refractivity contribution in [1.82, 2.24) is 5.32 Å². The average molecular weight is 471 g/mol. The Hall–Kier alpha value is -4.21. The molecular weight excluding hydrogens is 440 g/mol. The molecule has 0 aliphatic carbocycles. The zero-order valence-electron chi connectivity index (χ0n) is 20.2. The molecule has 0 bridgehead atoms. The van der Waals surface area contributed by atoms with Gasteiger partial charge in [0.1, 0.15) is 0 Å². The van der Waals surface area contributed by atoms with Gasteiger partial charge in [-0.25, -0.2) is 0 Å². The second kappa shape index (κ2) is 11.5. The fourth-order valence-corrected chi connectivity index (χ4v) is 4.66. The molecule has 0 fully saturated rings. The Labute approximate surface area is 212 Å². The van der Waals surface area contributed by atoms with E-state index in [4.69, 9.17) is 0 Å². The molecule has 5 rings (SSSR count). The van der Waals surface area contributed by atoms with Gasteiger partial charge in [0, 0.05) is 12.2 Å². The molecule has 36 heavy (non-hydrogen) atoms. The molecule has 0 spiro atoms. The van der Waals surface area contributed by atoms with E-state index in [1.807, 2.05) is 72.8 Å². The first kappa shape index (κ1) is 23.5. The molecule has 178 valence electrons. The molecule has 0 saturated carbocycles. The number of hydrogen-bond donors (Lipinski definition) is 2. The van der Waals surface area contributed by atoms with E-state index in [0.717, 1.165) is 36.3 Å². The minimum atomic E-state index is -0.356. The highest BCUT2D eigenvalue weighted by Crippen LogP contribution is 2.26. The van der Waals surface area contributed by atoms with Crippen molar-refractivity contribution in [2.45, 2.75) is 18.9 Å². The molecule has 2 N–H and O–H groups in total. The Morgan fingerprint density at radius 3 is 1.94 bits per heavy atom. The molecule has 0 unspecified atom stereocenters. The lowest BCUT2D eigenvalue weighted by atomic mass is 9.90. The lowest BCUT2D eigenvalue weighted by Gasteiger charge is -2.18. The summed E-state index contributed by atoms with van der Waals surface area (Å²) in [6.45, 7) is 1.73. The third kappa shape index (κ3) is 5.70. The highest BCUT2D eigenvalue weighted by molar-refractivity contribution is 5.98. The van der Waals surface area contributed by atoms with Crippen molar-refractivity contribution >= 4 is 22.4 Å². The van der Waals surface area contributed by atoms with Crippen molar-refractivity contribution in [2.24, 2.45) is 0 Å². The lowest BCUT2D eigenvalue weighted by Crippen LogP contribution is -2.22. The van der Waals surface area contributed by atoms with Crippen LogP contribution in [0.15, 0.2) is 127 Å². The fraction of sp³-hybridized carbons (Fsp3) is 0.121. The van der Waals surface area contributed by atoms with Crippen molar-refractivity contribution in [3.8, 4) is 0 Å². The van der Waals surface area contributed by atoms with Crippen molar-refractivity contribution < 1.29 is 4.79 Å². The third-order valence-electron chi connectivity index (χ3n) is 6.54. The van der Waals surface area contributed by atoms with Gasteiger partial charge in [-0.05, 0) is 58.1 Å². The van der Waals surface area contributed by atoms with Gasteiger partial charge >= 0.3 is 0 Å².